The molecule has 0 saturated carbocycles. The molecule has 0 amide bonds. The molecule has 9 heteroatoms. The second-order valence-electron chi connectivity index (χ2n) is 3.57. The van der Waals surface area contributed by atoms with Crippen LogP contribution in [-0.2, 0) is 0 Å². The average molecular weight is 319 g/mol. The largest absolute Gasteiger partial charge is 0.573 e. The number of carbonyl (C=O) groups is 1. The summed E-state index contributed by atoms with van der Waals surface area (Å²) < 4.78 is 68.1. The number of alkyl halides is 6. The highest BCUT2D eigenvalue weighted by Crippen LogP contribution is 2.34. The molecule has 0 radical (unpaired) electrons. The van der Waals surface area contributed by atoms with Crippen molar-refractivity contribution in [2.75, 3.05) is 0 Å². The van der Waals surface area contributed by atoms with Crippen LogP contribution in [0, 0.1) is 0 Å². The fourth-order valence-electron chi connectivity index (χ4n) is 1.29. The van der Waals surface area contributed by atoms with Crippen LogP contribution in [0.15, 0.2) is 18.2 Å². The van der Waals surface area contributed by atoms with Gasteiger partial charge < -0.3 is 9.47 Å². The van der Waals surface area contributed by atoms with Crippen LogP contribution in [0.1, 0.15) is 17.3 Å². The Bertz CT molecular complexity index is 487. The van der Waals surface area contributed by atoms with E-state index in [9.17, 15) is 26.7 Å². The second-order valence-corrected chi connectivity index (χ2v) is 4.22. The maximum Gasteiger partial charge on any atom is 0.573 e. The molecule has 3 nitrogen and oxygen atoms in total. The van der Waals surface area contributed by atoms with Gasteiger partial charge in [-0.3, -0.25) is 4.79 Å². The maximum atomic E-state index is 12.2. The minimum atomic E-state index is -5.12. The number of Topliss-reactive ketones (excluding diaryl/α,β-unsaturated/α-hetero) is 1. The van der Waals surface area contributed by atoms with Gasteiger partial charge in [-0.1, -0.05) is 0 Å². The first-order chi connectivity index (χ1) is 9.10. The highest BCUT2D eigenvalue weighted by atomic mass is 35.5. The van der Waals surface area contributed by atoms with Crippen molar-refractivity contribution in [1.29, 1.82) is 0 Å². The Morgan fingerprint density at radius 1 is 1.25 bits per heavy atom. The van der Waals surface area contributed by atoms with Gasteiger partial charge in [-0.25, -0.2) is 0 Å². The van der Waals surface area contributed by atoms with Crippen molar-refractivity contribution in [1.82, 2.24) is 0 Å². The topological polar surface area (TPSA) is 35.5 Å². The van der Waals surface area contributed by atoms with E-state index in [0.717, 1.165) is 12.1 Å². The number of ketones is 1. The molecule has 20 heavy (non-hydrogen) atoms. The first-order valence-electron chi connectivity index (χ1n) is 5.13. The van der Waals surface area contributed by atoms with E-state index < -0.39 is 35.6 Å². The summed E-state index contributed by atoms with van der Waals surface area (Å²) in [6.45, 7) is -2.02. The summed E-state index contributed by atoms with van der Waals surface area (Å²) in [7, 11) is 0. The average Bonchev–Trinajstić information content (AvgIpc) is 2.27. The zero-order valence-electron chi connectivity index (χ0n) is 9.88. The molecule has 112 valence electrons. The van der Waals surface area contributed by atoms with Gasteiger partial charge in [0.1, 0.15) is 0 Å². The zero-order valence-corrected chi connectivity index (χ0v) is 10.6. The second kappa shape index (κ2) is 6.25. The van der Waals surface area contributed by atoms with E-state index in [1.54, 1.807) is 0 Å². The van der Waals surface area contributed by atoms with Crippen LogP contribution in [0.2, 0.25) is 0 Å². The van der Waals surface area contributed by atoms with Crippen LogP contribution in [-0.4, -0.2) is 24.1 Å². The van der Waals surface area contributed by atoms with E-state index >= 15 is 0 Å². The molecule has 0 aliphatic rings. The molecule has 0 N–H and O–H groups in total. The Hall–Kier alpha value is -1.57. The van der Waals surface area contributed by atoms with Gasteiger partial charge in [-0.05, 0) is 25.1 Å². The summed E-state index contributed by atoms with van der Waals surface area (Å²) in [5, 5.41) is -0.990. The predicted molar refractivity (Wildman–Crippen MR) is 59.4 cm³/mol. The molecular formula is C11H8ClF5O3. The van der Waals surface area contributed by atoms with E-state index in [4.69, 9.17) is 11.6 Å². The molecule has 0 aliphatic carbocycles. The first kappa shape index (κ1) is 16.5. The first-order valence-corrected chi connectivity index (χ1v) is 5.56. The van der Waals surface area contributed by atoms with E-state index in [-0.39, 0.29) is 5.56 Å². The maximum absolute atomic E-state index is 12.2. The Balaban J connectivity index is 3.17. The molecule has 1 aromatic rings. The summed E-state index contributed by atoms with van der Waals surface area (Å²) in [6.07, 6.45) is -5.12. The highest BCUT2D eigenvalue weighted by molar-refractivity contribution is 6.33. The number of ether oxygens (including phenoxy) is 2. The van der Waals surface area contributed by atoms with Gasteiger partial charge >= 0.3 is 13.0 Å². The lowest BCUT2D eigenvalue weighted by molar-refractivity contribution is -0.275. The van der Waals surface area contributed by atoms with Gasteiger partial charge in [-0.15, -0.1) is 24.8 Å². The molecule has 0 bridgehead atoms. The Labute approximate surface area is 115 Å². The van der Waals surface area contributed by atoms with Crippen molar-refractivity contribution in [3.63, 3.8) is 0 Å². The molecule has 1 unspecified atom stereocenters. The zero-order chi connectivity index (χ0) is 15.5. The monoisotopic (exact) mass is 318 g/mol. The molecular weight excluding hydrogens is 311 g/mol. The number of hydrogen-bond donors (Lipinski definition) is 0. The van der Waals surface area contributed by atoms with Gasteiger partial charge in [0.2, 0.25) is 0 Å². The van der Waals surface area contributed by atoms with E-state index in [1.165, 1.54) is 6.92 Å². The van der Waals surface area contributed by atoms with Gasteiger partial charge in [-0.2, -0.15) is 8.78 Å². The summed E-state index contributed by atoms with van der Waals surface area (Å²) >= 11 is 5.51. The quantitative estimate of drug-likeness (QED) is 0.468. The third-order valence-electron chi connectivity index (χ3n) is 2.03. The van der Waals surface area contributed by atoms with Crippen molar-refractivity contribution in [2.24, 2.45) is 0 Å². The SMILES string of the molecule is CC(Cl)C(=O)c1ccc(OC(F)F)c(OC(F)(F)F)c1. The molecule has 0 aliphatic heterocycles. The van der Waals surface area contributed by atoms with Crippen molar-refractivity contribution in [3.05, 3.63) is 23.8 Å². The molecule has 1 aromatic carbocycles. The van der Waals surface area contributed by atoms with Crippen LogP contribution in [0.5, 0.6) is 11.5 Å². The van der Waals surface area contributed by atoms with Crippen molar-refractivity contribution in [3.8, 4) is 11.5 Å². The number of carbonyl (C=O) groups excluding carboxylic acids is 1. The van der Waals surface area contributed by atoms with Crippen LogP contribution >= 0.6 is 11.6 Å². The summed E-state index contributed by atoms with van der Waals surface area (Å²) in [6, 6.07) is 2.44. The van der Waals surface area contributed by atoms with Gasteiger partial charge in [0.25, 0.3) is 0 Å². The lowest BCUT2D eigenvalue weighted by Crippen LogP contribution is -2.19. The fraction of sp³-hybridized carbons (Fsp3) is 0.364. The Kier molecular flexibility index (Phi) is 5.15. The molecule has 0 saturated heterocycles. The molecule has 0 heterocycles. The molecule has 0 fully saturated rings. The van der Waals surface area contributed by atoms with Crippen LogP contribution in [0.25, 0.3) is 0 Å². The smallest absolute Gasteiger partial charge is 0.431 e. The number of benzene rings is 1. The molecule has 1 atom stereocenters. The Morgan fingerprint density at radius 2 is 1.85 bits per heavy atom. The normalized spacial score (nSPS) is 13.2. The molecule has 0 aromatic heterocycles. The van der Waals surface area contributed by atoms with E-state index in [1.807, 2.05) is 0 Å². The summed E-state index contributed by atoms with van der Waals surface area (Å²) in [5.74, 6) is -2.56. The number of rotatable bonds is 5. The Morgan fingerprint density at radius 3 is 2.30 bits per heavy atom. The lowest BCUT2D eigenvalue weighted by Gasteiger charge is -2.15. The van der Waals surface area contributed by atoms with Gasteiger partial charge in [0.05, 0.1) is 5.38 Å². The van der Waals surface area contributed by atoms with Crippen LogP contribution in [0.3, 0.4) is 0 Å². The third kappa shape index (κ3) is 4.84. The number of halogens is 6. The fourth-order valence-corrected chi connectivity index (χ4v) is 1.41. The molecule has 1 rings (SSSR count). The summed E-state index contributed by atoms with van der Waals surface area (Å²) in [5.41, 5.74) is -0.214. The van der Waals surface area contributed by atoms with Crippen molar-refractivity contribution in [2.45, 2.75) is 25.3 Å². The van der Waals surface area contributed by atoms with E-state index in [0.29, 0.717) is 6.07 Å². The van der Waals surface area contributed by atoms with Crippen molar-refractivity contribution < 1.29 is 36.2 Å². The van der Waals surface area contributed by atoms with E-state index in [2.05, 4.69) is 9.47 Å². The third-order valence-corrected chi connectivity index (χ3v) is 2.23. The minimum absolute atomic E-state index is 0.214. The van der Waals surface area contributed by atoms with Crippen LogP contribution in [0.4, 0.5) is 22.0 Å². The number of hydrogen-bond acceptors (Lipinski definition) is 3. The van der Waals surface area contributed by atoms with Gasteiger partial charge in [0, 0.05) is 5.56 Å². The van der Waals surface area contributed by atoms with Crippen LogP contribution < -0.4 is 9.47 Å². The highest BCUT2D eigenvalue weighted by Gasteiger charge is 2.33. The lowest BCUT2D eigenvalue weighted by atomic mass is 10.1. The van der Waals surface area contributed by atoms with Gasteiger partial charge in [0.15, 0.2) is 17.3 Å². The predicted octanol–water partition coefficient (Wildman–Crippen LogP) is 4.00. The molecule has 0 spiro atoms. The van der Waals surface area contributed by atoms with Crippen molar-refractivity contribution >= 4 is 17.4 Å². The standard InChI is InChI=1S/C11H8ClF5O3/c1-5(12)9(18)6-2-3-7(19-10(13)14)8(4-6)20-11(15,16)17/h2-5,10H,1H3. The minimum Gasteiger partial charge on any atom is -0.431 e. The summed E-state index contributed by atoms with van der Waals surface area (Å²) in [4.78, 5) is 11.5.